The summed E-state index contributed by atoms with van der Waals surface area (Å²) in [7, 11) is 1.57. The van der Waals surface area contributed by atoms with E-state index < -0.39 is 0 Å². The molecule has 1 amide bonds. The minimum atomic E-state index is -0.183. The van der Waals surface area contributed by atoms with Gasteiger partial charge in [0, 0.05) is 23.4 Å². The lowest BCUT2D eigenvalue weighted by Gasteiger charge is -2.12. The molecule has 0 saturated heterocycles. The molecule has 0 spiro atoms. The van der Waals surface area contributed by atoms with E-state index in [-0.39, 0.29) is 5.91 Å². The number of nitrogens with zero attached hydrogens (tertiary/aromatic N) is 3. The highest BCUT2D eigenvalue weighted by atomic mass is 16.5. The molecule has 0 radical (unpaired) electrons. The van der Waals surface area contributed by atoms with Crippen molar-refractivity contribution in [3.05, 3.63) is 46.6 Å². The first kappa shape index (κ1) is 15.0. The molecule has 0 aliphatic heterocycles. The third kappa shape index (κ3) is 2.98. The van der Waals surface area contributed by atoms with Crippen LogP contribution in [0.2, 0.25) is 0 Å². The molecule has 1 aromatic carbocycles. The first-order valence-electron chi connectivity index (χ1n) is 7.18. The lowest BCUT2D eigenvalue weighted by molar-refractivity contribution is 0.0950. The predicted octanol–water partition coefficient (Wildman–Crippen LogP) is 1.91. The number of rotatable bonds is 4. The normalized spacial score (nSPS) is 10.7. The SMILES string of the molecule is COc1nc(C)cc(C)c1CNC(=O)c1ccc2n[nH]nc2c1. The molecule has 0 bridgehead atoms. The van der Waals surface area contributed by atoms with Crippen molar-refractivity contribution < 1.29 is 9.53 Å². The quantitative estimate of drug-likeness (QED) is 0.767. The molecule has 0 aliphatic rings. The van der Waals surface area contributed by atoms with Gasteiger partial charge >= 0.3 is 0 Å². The van der Waals surface area contributed by atoms with E-state index in [1.165, 1.54) is 0 Å². The number of carbonyl (C=O) groups excluding carboxylic acids is 1. The molecule has 2 aromatic heterocycles. The number of carbonyl (C=O) groups is 1. The molecule has 23 heavy (non-hydrogen) atoms. The Morgan fingerprint density at radius 2 is 2.00 bits per heavy atom. The van der Waals surface area contributed by atoms with Gasteiger partial charge < -0.3 is 10.1 Å². The topological polar surface area (TPSA) is 92.8 Å². The highest BCUT2D eigenvalue weighted by Crippen LogP contribution is 2.20. The molecule has 3 rings (SSSR count). The fraction of sp³-hybridized carbons (Fsp3) is 0.250. The zero-order valence-corrected chi connectivity index (χ0v) is 13.2. The Kier molecular flexibility index (Phi) is 3.92. The molecule has 7 heteroatoms. The largest absolute Gasteiger partial charge is 0.481 e. The van der Waals surface area contributed by atoms with Gasteiger partial charge in [-0.1, -0.05) is 0 Å². The van der Waals surface area contributed by atoms with Gasteiger partial charge in [0.2, 0.25) is 5.88 Å². The highest BCUT2D eigenvalue weighted by Gasteiger charge is 2.12. The maximum absolute atomic E-state index is 12.3. The fourth-order valence-electron chi connectivity index (χ4n) is 2.47. The summed E-state index contributed by atoms with van der Waals surface area (Å²) in [5, 5.41) is 13.4. The molecular formula is C16H17N5O2. The second kappa shape index (κ2) is 6.04. The van der Waals surface area contributed by atoms with Crippen LogP contribution >= 0.6 is 0 Å². The van der Waals surface area contributed by atoms with Crippen molar-refractivity contribution in [2.45, 2.75) is 20.4 Å². The molecule has 118 valence electrons. The number of nitrogens with one attached hydrogen (secondary N) is 2. The van der Waals surface area contributed by atoms with Crippen LogP contribution in [0.3, 0.4) is 0 Å². The van der Waals surface area contributed by atoms with E-state index in [2.05, 4.69) is 25.7 Å². The molecule has 2 heterocycles. The van der Waals surface area contributed by atoms with Crippen LogP contribution in [0.1, 0.15) is 27.2 Å². The van der Waals surface area contributed by atoms with Gasteiger partial charge in [-0.25, -0.2) is 4.98 Å². The van der Waals surface area contributed by atoms with Crippen LogP contribution in [0.5, 0.6) is 5.88 Å². The van der Waals surface area contributed by atoms with Crippen LogP contribution < -0.4 is 10.1 Å². The molecular weight excluding hydrogens is 294 g/mol. The summed E-state index contributed by atoms with van der Waals surface area (Å²) >= 11 is 0. The summed E-state index contributed by atoms with van der Waals surface area (Å²) in [6.07, 6.45) is 0. The maximum Gasteiger partial charge on any atom is 0.251 e. The zero-order valence-electron chi connectivity index (χ0n) is 13.2. The van der Waals surface area contributed by atoms with Gasteiger partial charge in [0.15, 0.2) is 0 Å². The third-order valence-corrected chi connectivity index (χ3v) is 3.64. The van der Waals surface area contributed by atoms with Gasteiger partial charge in [-0.2, -0.15) is 15.4 Å². The smallest absolute Gasteiger partial charge is 0.251 e. The van der Waals surface area contributed by atoms with Crippen LogP contribution in [0.15, 0.2) is 24.3 Å². The van der Waals surface area contributed by atoms with E-state index >= 15 is 0 Å². The van der Waals surface area contributed by atoms with Crippen molar-refractivity contribution in [2.75, 3.05) is 7.11 Å². The van der Waals surface area contributed by atoms with Gasteiger partial charge in [0.1, 0.15) is 11.0 Å². The van der Waals surface area contributed by atoms with Crippen molar-refractivity contribution in [1.82, 2.24) is 25.7 Å². The Labute approximate surface area is 133 Å². The van der Waals surface area contributed by atoms with Crippen LogP contribution in [-0.4, -0.2) is 33.4 Å². The average molecular weight is 311 g/mol. The van der Waals surface area contributed by atoms with Gasteiger partial charge in [-0.15, -0.1) is 0 Å². The molecule has 7 nitrogen and oxygen atoms in total. The Morgan fingerprint density at radius 1 is 1.22 bits per heavy atom. The number of pyridine rings is 1. The molecule has 3 aromatic rings. The summed E-state index contributed by atoms with van der Waals surface area (Å²) in [6, 6.07) is 7.14. The minimum Gasteiger partial charge on any atom is -0.481 e. The van der Waals surface area contributed by atoms with Crippen molar-refractivity contribution in [2.24, 2.45) is 0 Å². The van der Waals surface area contributed by atoms with E-state index in [1.54, 1.807) is 25.3 Å². The number of benzene rings is 1. The Hall–Kier alpha value is -2.96. The monoisotopic (exact) mass is 311 g/mol. The number of methoxy groups -OCH3 is 1. The van der Waals surface area contributed by atoms with Crippen LogP contribution in [0.4, 0.5) is 0 Å². The average Bonchev–Trinajstić information content (AvgIpc) is 3.00. The Balaban J connectivity index is 1.79. The van der Waals surface area contributed by atoms with E-state index in [1.807, 2.05) is 19.9 Å². The van der Waals surface area contributed by atoms with Crippen LogP contribution in [-0.2, 0) is 6.54 Å². The predicted molar refractivity (Wildman–Crippen MR) is 85.3 cm³/mol. The number of fused-ring (bicyclic) bond motifs is 1. The number of hydrogen-bond donors (Lipinski definition) is 2. The number of aryl methyl sites for hydroxylation is 2. The number of hydrogen-bond acceptors (Lipinski definition) is 5. The lowest BCUT2D eigenvalue weighted by Crippen LogP contribution is -2.23. The first-order valence-corrected chi connectivity index (χ1v) is 7.18. The molecule has 0 saturated carbocycles. The highest BCUT2D eigenvalue weighted by molar-refractivity contribution is 5.97. The number of H-pyrrole nitrogens is 1. The van der Waals surface area contributed by atoms with Gasteiger partial charge in [0.05, 0.1) is 7.11 Å². The second-order valence-corrected chi connectivity index (χ2v) is 5.28. The Morgan fingerprint density at radius 3 is 2.78 bits per heavy atom. The third-order valence-electron chi connectivity index (χ3n) is 3.64. The summed E-state index contributed by atoms with van der Waals surface area (Å²) in [4.78, 5) is 16.7. The summed E-state index contributed by atoms with van der Waals surface area (Å²) in [5.74, 6) is 0.353. The van der Waals surface area contributed by atoms with E-state index in [0.29, 0.717) is 23.5 Å². The minimum absolute atomic E-state index is 0.183. The fourth-order valence-corrected chi connectivity index (χ4v) is 2.47. The van der Waals surface area contributed by atoms with Crippen molar-refractivity contribution in [3.63, 3.8) is 0 Å². The van der Waals surface area contributed by atoms with Crippen molar-refractivity contribution in [1.29, 1.82) is 0 Å². The molecule has 0 unspecified atom stereocenters. The van der Waals surface area contributed by atoms with Gasteiger partial charge in [-0.3, -0.25) is 4.79 Å². The van der Waals surface area contributed by atoms with Crippen LogP contribution in [0.25, 0.3) is 11.0 Å². The molecule has 0 atom stereocenters. The number of aromatic nitrogens is 4. The van der Waals surface area contributed by atoms with Gasteiger partial charge in [-0.05, 0) is 43.7 Å². The summed E-state index contributed by atoms with van der Waals surface area (Å²) in [6.45, 7) is 4.23. The summed E-state index contributed by atoms with van der Waals surface area (Å²) in [5.41, 5.74) is 4.69. The first-order chi connectivity index (χ1) is 11.1. The summed E-state index contributed by atoms with van der Waals surface area (Å²) < 4.78 is 5.31. The van der Waals surface area contributed by atoms with Crippen LogP contribution in [0, 0.1) is 13.8 Å². The molecule has 0 fully saturated rings. The number of ether oxygens (including phenoxy) is 1. The molecule has 2 N–H and O–H groups in total. The second-order valence-electron chi connectivity index (χ2n) is 5.28. The lowest BCUT2D eigenvalue weighted by atomic mass is 10.1. The molecule has 0 aliphatic carbocycles. The van der Waals surface area contributed by atoms with E-state index in [0.717, 1.165) is 22.3 Å². The Bertz CT molecular complexity index is 872. The van der Waals surface area contributed by atoms with Crippen molar-refractivity contribution in [3.8, 4) is 5.88 Å². The standard InChI is InChI=1S/C16H17N5O2/c1-9-6-10(2)18-16(23-3)12(9)8-17-15(22)11-4-5-13-14(7-11)20-21-19-13/h4-7H,8H2,1-3H3,(H,17,22)(H,19,20,21). The van der Waals surface area contributed by atoms with E-state index in [9.17, 15) is 4.79 Å². The van der Waals surface area contributed by atoms with Crippen molar-refractivity contribution >= 4 is 16.9 Å². The number of aromatic amines is 1. The van der Waals surface area contributed by atoms with Gasteiger partial charge in [0.25, 0.3) is 5.91 Å². The maximum atomic E-state index is 12.3. The number of amides is 1. The zero-order chi connectivity index (χ0) is 16.4. The van der Waals surface area contributed by atoms with E-state index in [4.69, 9.17) is 4.74 Å².